The number of aromatic nitrogens is 1. The van der Waals surface area contributed by atoms with Crippen LogP contribution in [0.15, 0.2) is 49.2 Å². The number of rotatable bonds is 5. The Morgan fingerprint density at radius 3 is 2.94 bits per heavy atom. The van der Waals surface area contributed by atoms with Crippen LogP contribution in [-0.4, -0.2) is 11.5 Å². The standard InChI is InChI=1S/C15H18N2/c1-3-10-16-14(4-2)13-9-5-7-12-8-6-11-17-15(12)13/h4-9,11,14,16H,2-3,10H2,1H3. The molecule has 2 rings (SSSR count). The number of fused-ring (bicyclic) bond motifs is 1. The smallest absolute Gasteiger partial charge is 0.0752 e. The molecule has 1 unspecified atom stereocenters. The van der Waals surface area contributed by atoms with E-state index in [1.54, 1.807) is 0 Å². The van der Waals surface area contributed by atoms with Crippen LogP contribution in [0, 0.1) is 0 Å². The highest BCUT2D eigenvalue weighted by atomic mass is 14.9. The van der Waals surface area contributed by atoms with Crippen molar-refractivity contribution in [3.05, 3.63) is 54.7 Å². The fourth-order valence-electron chi connectivity index (χ4n) is 2.00. The Kier molecular flexibility index (Phi) is 3.89. The maximum absolute atomic E-state index is 4.47. The molecule has 0 radical (unpaired) electrons. The molecule has 0 aliphatic carbocycles. The highest BCUT2D eigenvalue weighted by molar-refractivity contribution is 5.82. The number of nitrogens with one attached hydrogen (secondary N) is 1. The summed E-state index contributed by atoms with van der Waals surface area (Å²) in [5, 5.41) is 4.65. The van der Waals surface area contributed by atoms with Crippen LogP contribution >= 0.6 is 0 Å². The number of pyridine rings is 1. The van der Waals surface area contributed by atoms with E-state index in [2.05, 4.69) is 48.1 Å². The summed E-state index contributed by atoms with van der Waals surface area (Å²) in [6.07, 6.45) is 4.90. The SMILES string of the molecule is C=CC(NCCC)c1cccc2cccnc12. The number of nitrogens with zero attached hydrogens (tertiary/aromatic N) is 1. The van der Waals surface area contributed by atoms with E-state index in [0.29, 0.717) is 0 Å². The molecule has 1 heterocycles. The van der Waals surface area contributed by atoms with Crippen LogP contribution in [-0.2, 0) is 0 Å². The summed E-state index contributed by atoms with van der Waals surface area (Å²) in [6, 6.07) is 10.5. The quantitative estimate of drug-likeness (QED) is 0.790. The molecule has 1 aromatic heterocycles. The summed E-state index contributed by atoms with van der Waals surface area (Å²) in [6.45, 7) is 7.05. The van der Waals surface area contributed by atoms with Gasteiger partial charge in [-0.2, -0.15) is 0 Å². The number of benzene rings is 1. The molecule has 0 aliphatic rings. The summed E-state index contributed by atoms with van der Waals surface area (Å²) in [4.78, 5) is 4.47. The van der Waals surface area contributed by atoms with Crippen molar-refractivity contribution in [2.45, 2.75) is 19.4 Å². The topological polar surface area (TPSA) is 24.9 Å². The minimum atomic E-state index is 0.175. The Bertz CT molecular complexity index is 500. The maximum atomic E-state index is 4.47. The first-order valence-corrected chi connectivity index (χ1v) is 6.06. The lowest BCUT2D eigenvalue weighted by atomic mass is 10.0. The first-order chi connectivity index (χ1) is 8.36. The molecule has 0 bridgehead atoms. The van der Waals surface area contributed by atoms with Crippen LogP contribution in [0.5, 0.6) is 0 Å². The third kappa shape index (κ3) is 2.53. The zero-order valence-electron chi connectivity index (χ0n) is 10.2. The van der Waals surface area contributed by atoms with Crippen molar-refractivity contribution < 1.29 is 0 Å². The second-order valence-corrected chi connectivity index (χ2v) is 4.09. The molecule has 0 amide bonds. The Hall–Kier alpha value is -1.67. The molecule has 0 saturated carbocycles. The highest BCUT2D eigenvalue weighted by Crippen LogP contribution is 2.22. The highest BCUT2D eigenvalue weighted by Gasteiger charge is 2.10. The molecule has 1 atom stereocenters. The number of para-hydroxylation sites is 1. The van der Waals surface area contributed by atoms with Crippen molar-refractivity contribution in [3.63, 3.8) is 0 Å². The van der Waals surface area contributed by atoms with Crippen LogP contribution in [0.3, 0.4) is 0 Å². The Morgan fingerprint density at radius 2 is 2.18 bits per heavy atom. The second-order valence-electron chi connectivity index (χ2n) is 4.09. The Labute approximate surface area is 102 Å². The van der Waals surface area contributed by atoms with E-state index in [1.165, 1.54) is 10.9 Å². The van der Waals surface area contributed by atoms with Gasteiger partial charge in [0.25, 0.3) is 0 Å². The van der Waals surface area contributed by atoms with Crippen LogP contribution in [0.4, 0.5) is 0 Å². The van der Waals surface area contributed by atoms with Gasteiger partial charge in [-0.1, -0.05) is 37.3 Å². The van der Waals surface area contributed by atoms with Crippen molar-refractivity contribution in [2.75, 3.05) is 6.54 Å². The molecule has 0 saturated heterocycles. The summed E-state index contributed by atoms with van der Waals surface area (Å²) in [5.74, 6) is 0. The fourth-order valence-corrected chi connectivity index (χ4v) is 2.00. The second kappa shape index (κ2) is 5.60. The molecule has 2 aromatic rings. The summed E-state index contributed by atoms with van der Waals surface area (Å²) < 4.78 is 0. The average molecular weight is 226 g/mol. The van der Waals surface area contributed by atoms with Gasteiger partial charge in [-0.25, -0.2) is 0 Å². The van der Waals surface area contributed by atoms with Gasteiger partial charge >= 0.3 is 0 Å². The van der Waals surface area contributed by atoms with Gasteiger partial charge < -0.3 is 5.32 Å². The predicted octanol–water partition coefficient (Wildman–Crippen LogP) is 3.46. The molecule has 1 N–H and O–H groups in total. The van der Waals surface area contributed by atoms with Crippen LogP contribution in [0.2, 0.25) is 0 Å². The van der Waals surface area contributed by atoms with Gasteiger partial charge in [0, 0.05) is 11.6 Å². The van der Waals surface area contributed by atoms with Gasteiger partial charge in [0.05, 0.1) is 11.6 Å². The van der Waals surface area contributed by atoms with E-state index < -0.39 is 0 Å². The molecule has 2 heteroatoms. The van der Waals surface area contributed by atoms with E-state index in [-0.39, 0.29) is 6.04 Å². The van der Waals surface area contributed by atoms with Gasteiger partial charge in [0.2, 0.25) is 0 Å². The normalized spacial score (nSPS) is 12.5. The van der Waals surface area contributed by atoms with E-state index in [4.69, 9.17) is 0 Å². The lowest BCUT2D eigenvalue weighted by Crippen LogP contribution is -2.20. The Balaban J connectivity index is 2.42. The lowest BCUT2D eigenvalue weighted by molar-refractivity contribution is 0.616. The van der Waals surface area contributed by atoms with E-state index in [1.807, 2.05) is 18.3 Å². The molecule has 0 spiro atoms. The molecule has 17 heavy (non-hydrogen) atoms. The zero-order valence-corrected chi connectivity index (χ0v) is 10.2. The molecular formula is C15H18N2. The first kappa shape index (κ1) is 11.8. The van der Waals surface area contributed by atoms with E-state index in [9.17, 15) is 0 Å². The van der Waals surface area contributed by atoms with Gasteiger partial charge in [0.1, 0.15) is 0 Å². The minimum absolute atomic E-state index is 0.175. The molecular weight excluding hydrogens is 208 g/mol. The van der Waals surface area contributed by atoms with Gasteiger partial charge in [-0.15, -0.1) is 6.58 Å². The minimum Gasteiger partial charge on any atom is -0.307 e. The van der Waals surface area contributed by atoms with E-state index >= 15 is 0 Å². The molecule has 2 nitrogen and oxygen atoms in total. The van der Waals surface area contributed by atoms with Crippen molar-refractivity contribution >= 4 is 10.9 Å². The largest absolute Gasteiger partial charge is 0.307 e. The van der Waals surface area contributed by atoms with Crippen molar-refractivity contribution in [3.8, 4) is 0 Å². The maximum Gasteiger partial charge on any atom is 0.0752 e. The van der Waals surface area contributed by atoms with Crippen LogP contribution < -0.4 is 5.32 Å². The summed E-state index contributed by atoms with van der Waals surface area (Å²) >= 11 is 0. The first-order valence-electron chi connectivity index (χ1n) is 6.06. The predicted molar refractivity (Wildman–Crippen MR) is 73.0 cm³/mol. The van der Waals surface area contributed by atoms with Gasteiger partial charge in [0.15, 0.2) is 0 Å². The number of hydrogen-bond donors (Lipinski definition) is 1. The third-order valence-electron chi connectivity index (χ3n) is 2.85. The molecule has 1 aromatic carbocycles. The van der Waals surface area contributed by atoms with Crippen LogP contribution in [0.25, 0.3) is 10.9 Å². The summed E-state index contributed by atoms with van der Waals surface area (Å²) in [5.41, 5.74) is 2.26. The van der Waals surface area contributed by atoms with Crippen LogP contribution in [0.1, 0.15) is 24.9 Å². The molecule has 0 fully saturated rings. The van der Waals surface area contributed by atoms with E-state index in [0.717, 1.165) is 18.5 Å². The third-order valence-corrected chi connectivity index (χ3v) is 2.85. The number of hydrogen-bond acceptors (Lipinski definition) is 2. The average Bonchev–Trinajstić information content (AvgIpc) is 2.40. The van der Waals surface area contributed by atoms with Crippen molar-refractivity contribution in [1.29, 1.82) is 0 Å². The van der Waals surface area contributed by atoms with Crippen molar-refractivity contribution in [1.82, 2.24) is 10.3 Å². The van der Waals surface area contributed by atoms with Gasteiger partial charge in [-0.05, 0) is 24.6 Å². The summed E-state index contributed by atoms with van der Waals surface area (Å²) in [7, 11) is 0. The zero-order chi connectivity index (χ0) is 12.1. The monoisotopic (exact) mass is 226 g/mol. The van der Waals surface area contributed by atoms with Gasteiger partial charge in [-0.3, -0.25) is 4.98 Å². The molecule has 0 aliphatic heterocycles. The van der Waals surface area contributed by atoms with Crippen molar-refractivity contribution in [2.24, 2.45) is 0 Å². The fraction of sp³-hybridized carbons (Fsp3) is 0.267. The molecule has 88 valence electrons. The Morgan fingerprint density at radius 1 is 1.35 bits per heavy atom. The lowest BCUT2D eigenvalue weighted by Gasteiger charge is -2.16.